The molecule has 22 heavy (non-hydrogen) atoms. The van der Waals surface area contributed by atoms with Crippen molar-refractivity contribution in [1.29, 1.82) is 0 Å². The minimum absolute atomic E-state index is 0.189. The van der Waals surface area contributed by atoms with Crippen LogP contribution in [-0.2, 0) is 0 Å². The summed E-state index contributed by atoms with van der Waals surface area (Å²) in [6.45, 7) is 1.76. The number of hydrogen-bond donors (Lipinski definition) is 1. The second-order valence-corrected chi connectivity index (χ2v) is 5.52. The monoisotopic (exact) mass is 357 g/mol. The molecule has 1 amide bonds. The molecule has 0 spiro atoms. The lowest BCUT2D eigenvalue weighted by atomic mass is 10.1. The van der Waals surface area contributed by atoms with Gasteiger partial charge in [-0.05, 0) is 53.2 Å². The highest BCUT2D eigenvalue weighted by atomic mass is 79.9. The summed E-state index contributed by atoms with van der Waals surface area (Å²) in [6.07, 6.45) is 0. The molecule has 1 N–H and O–H groups in total. The molecule has 3 rings (SSSR count). The number of carbonyl (C=O) groups excluding carboxylic acids is 1. The van der Waals surface area contributed by atoms with E-state index in [1.54, 1.807) is 19.1 Å². The van der Waals surface area contributed by atoms with Crippen LogP contribution >= 0.6 is 15.9 Å². The lowest BCUT2D eigenvalue weighted by Crippen LogP contribution is -2.12. The minimum atomic E-state index is -0.189. The first-order valence-corrected chi connectivity index (χ1v) is 7.39. The fourth-order valence-electron chi connectivity index (χ4n) is 1.99. The average molecular weight is 358 g/mol. The third-order valence-electron chi connectivity index (χ3n) is 3.01. The van der Waals surface area contributed by atoms with Crippen LogP contribution in [0.1, 0.15) is 16.2 Å². The highest BCUT2D eigenvalue weighted by Gasteiger charge is 2.11. The fraction of sp³-hybridized carbons (Fsp3) is 0.0625. The Labute approximate surface area is 135 Å². The van der Waals surface area contributed by atoms with E-state index < -0.39 is 0 Å². The van der Waals surface area contributed by atoms with E-state index in [4.69, 9.17) is 4.52 Å². The summed E-state index contributed by atoms with van der Waals surface area (Å²) in [7, 11) is 0. The van der Waals surface area contributed by atoms with Crippen molar-refractivity contribution in [2.75, 3.05) is 5.32 Å². The number of benzene rings is 2. The van der Waals surface area contributed by atoms with Crippen molar-refractivity contribution in [3.63, 3.8) is 0 Å². The van der Waals surface area contributed by atoms with Crippen LogP contribution in [0, 0.1) is 6.92 Å². The molecule has 0 saturated carbocycles. The molecule has 6 heteroatoms. The zero-order valence-corrected chi connectivity index (χ0v) is 13.3. The van der Waals surface area contributed by atoms with Crippen LogP contribution in [0.2, 0.25) is 0 Å². The Kier molecular flexibility index (Phi) is 4.02. The maximum Gasteiger partial charge on any atom is 0.257 e. The van der Waals surface area contributed by atoms with Crippen molar-refractivity contribution >= 4 is 27.5 Å². The molecule has 0 saturated heterocycles. The largest absolute Gasteiger partial charge is 0.334 e. The van der Waals surface area contributed by atoms with E-state index in [1.165, 1.54) is 0 Å². The zero-order chi connectivity index (χ0) is 15.5. The maximum absolute atomic E-state index is 12.3. The van der Waals surface area contributed by atoms with Crippen LogP contribution in [0.3, 0.4) is 0 Å². The Balaban J connectivity index is 1.84. The van der Waals surface area contributed by atoms with Crippen LogP contribution in [-0.4, -0.2) is 16.0 Å². The summed E-state index contributed by atoms with van der Waals surface area (Å²) in [5.41, 5.74) is 1.99. The van der Waals surface area contributed by atoms with Gasteiger partial charge in [-0.2, -0.15) is 4.98 Å². The second-order valence-electron chi connectivity index (χ2n) is 4.66. The van der Waals surface area contributed by atoms with Gasteiger partial charge in [0.2, 0.25) is 0 Å². The van der Waals surface area contributed by atoms with Crippen LogP contribution in [0.4, 0.5) is 5.69 Å². The van der Waals surface area contributed by atoms with E-state index in [0.717, 1.165) is 10.0 Å². The molecule has 1 heterocycles. The lowest BCUT2D eigenvalue weighted by molar-refractivity contribution is 0.102. The van der Waals surface area contributed by atoms with Gasteiger partial charge in [-0.1, -0.05) is 23.4 Å². The third-order valence-corrected chi connectivity index (χ3v) is 3.70. The topological polar surface area (TPSA) is 68.0 Å². The zero-order valence-electron chi connectivity index (χ0n) is 11.7. The summed E-state index contributed by atoms with van der Waals surface area (Å²) in [6, 6.07) is 14.5. The first kappa shape index (κ1) is 14.5. The number of aryl methyl sites for hydroxylation is 1. The van der Waals surface area contributed by atoms with Gasteiger partial charge in [0, 0.05) is 15.7 Å². The number of nitrogens with one attached hydrogen (secondary N) is 1. The van der Waals surface area contributed by atoms with Gasteiger partial charge in [0.05, 0.1) is 5.56 Å². The van der Waals surface area contributed by atoms with Crippen LogP contribution in [0.25, 0.3) is 11.5 Å². The Morgan fingerprint density at radius 1 is 1.18 bits per heavy atom. The molecule has 0 unspecified atom stereocenters. The highest BCUT2D eigenvalue weighted by Crippen LogP contribution is 2.22. The van der Waals surface area contributed by atoms with Crippen LogP contribution in [0.15, 0.2) is 57.5 Å². The molecule has 0 aliphatic heterocycles. The van der Waals surface area contributed by atoms with Crippen molar-refractivity contribution in [1.82, 2.24) is 10.1 Å². The van der Waals surface area contributed by atoms with Gasteiger partial charge in [0.25, 0.3) is 11.8 Å². The molecule has 110 valence electrons. The first-order valence-electron chi connectivity index (χ1n) is 6.60. The van der Waals surface area contributed by atoms with Crippen molar-refractivity contribution in [3.8, 4) is 11.5 Å². The number of halogens is 1. The molecule has 0 fully saturated rings. The summed E-state index contributed by atoms with van der Waals surface area (Å²) in [4.78, 5) is 16.5. The van der Waals surface area contributed by atoms with E-state index in [0.29, 0.717) is 23.0 Å². The van der Waals surface area contributed by atoms with Crippen molar-refractivity contribution in [2.45, 2.75) is 6.92 Å². The Bertz CT molecular complexity index is 830. The number of carbonyl (C=O) groups is 1. The number of nitrogens with zero attached hydrogens (tertiary/aromatic N) is 2. The van der Waals surface area contributed by atoms with Crippen molar-refractivity contribution in [3.05, 3.63) is 64.4 Å². The fourth-order valence-corrected chi connectivity index (χ4v) is 2.45. The maximum atomic E-state index is 12.3. The van der Waals surface area contributed by atoms with Crippen LogP contribution in [0.5, 0.6) is 0 Å². The quantitative estimate of drug-likeness (QED) is 0.767. The molecule has 0 bridgehead atoms. The molecule has 5 nitrogen and oxygen atoms in total. The van der Waals surface area contributed by atoms with Gasteiger partial charge in [-0.25, -0.2) is 0 Å². The number of hydrogen-bond acceptors (Lipinski definition) is 4. The van der Waals surface area contributed by atoms with E-state index in [-0.39, 0.29) is 5.91 Å². The van der Waals surface area contributed by atoms with E-state index in [9.17, 15) is 4.79 Å². The number of aromatic nitrogens is 2. The minimum Gasteiger partial charge on any atom is -0.334 e. The summed E-state index contributed by atoms with van der Waals surface area (Å²) < 4.78 is 5.88. The predicted octanol–water partition coefficient (Wildman–Crippen LogP) is 4.06. The molecule has 0 radical (unpaired) electrons. The van der Waals surface area contributed by atoms with Gasteiger partial charge in [-0.3, -0.25) is 4.79 Å². The Morgan fingerprint density at radius 2 is 2.00 bits per heavy atom. The summed E-state index contributed by atoms with van der Waals surface area (Å²) in [5.74, 6) is 0.804. The normalized spacial score (nSPS) is 10.5. The number of anilines is 1. The molecular formula is C16H12BrN3O2. The molecule has 2 aromatic carbocycles. The smallest absolute Gasteiger partial charge is 0.257 e. The predicted molar refractivity (Wildman–Crippen MR) is 86.6 cm³/mol. The lowest BCUT2D eigenvalue weighted by Gasteiger charge is -2.07. The van der Waals surface area contributed by atoms with Gasteiger partial charge in [-0.15, -0.1) is 0 Å². The second kappa shape index (κ2) is 6.11. The summed E-state index contributed by atoms with van der Waals surface area (Å²) >= 11 is 3.37. The van der Waals surface area contributed by atoms with Gasteiger partial charge in [0.15, 0.2) is 5.82 Å². The first-order chi connectivity index (χ1) is 10.6. The molecule has 0 atom stereocenters. The van der Waals surface area contributed by atoms with Crippen molar-refractivity contribution < 1.29 is 9.32 Å². The number of amides is 1. The SMILES string of the molecule is Cc1noc(-c2cccc(NC(=O)c3ccccc3Br)c2)n1. The number of rotatable bonds is 3. The molecule has 0 aliphatic rings. The molecular weight excluding hydrogens is 346 g/mol. The molecule has 1 aromatic heterocycles. The highest BCUT2D eigenvalue weighted by molar-refractivity contribution is 9.10. The van der Waals surface area contributed by atoms with Gasteiger partial charge >= 0.3 is 0 Å². The van der Waals surface area contributed by atoms with Gasteiger partial charge < -0.3 is 9.84 Å². The van der Waals surface area contributed by atoms with E-state index >= 15 is 0 Å². The van der Waals surface area contributed by atoms with Crippen molar-refractivity contribution in [2.24, 2.45) is 0 Å². The Morgan fingerprint density at radius 3 is 2.73 bits per heavy atom. The molecule has 3 aromatic rings. The van der Waals surface area contributed by atoms with E-state index in [1.807, 2.05) is 36.4 Å². The van der Waals surface area contributed by atoms with Crippen LogP contribution < -0.4 is 5.32 Å². The summed E-state index contributed by atoms with van der Waals surface area (Å²) in [5, 5.41) is 6.62. The van der Waals surface area contributed by atoms with Gasteiger partial charge in [0.1, 0.15) is 0 Å². The third kappa shape index (κ3) is 3.07. The standard InChI is InChI=1S/C16H12BrN3O2/c1-10-18-16(22-20-10)11-5-4-6-12(9-11)19-15(21)13-7-2-3-8-14(13)17/h2-9H,1H3,(H,19,21). The average Bonchev–Trinajstić information content (AvgIpc) is 2.94. The Hall–Kier alpha value is -2.47. The molecule has 0 aliphatic carbocycles. The van der Waals surface area contributed by atoms with E-state index in [2.05, 4.69) is 31.4 Å².